The zero-order chi connectivity index (χ0) is 23.0. The van der Waals surface area contributed by atoms with Crippen molar-refractivity contribution in [2.75, 3.05) is 52.3 Å². The first-order valence-corrected chi connectivity index (χ1v) is 10.8. The number of hydrogen-bond acceptors (Lipinski definition) is 7. The molecule has 1 fully saturated rings. The molecule has 1 aromatic carbocycles. The Bertz CT molecular complexity index is 1070. The van der Waals surface area contributed by atoms with E-state index in [1.54, 1.807) is 37.3 Å². The highest BCUT2D eigenvalue weighted by Gasteiger charge is 2.47. The van der Waals surface area contributed by atoms with Crippen LogP contribution in [0.1, 0.15) is 29.5 Å². The largest absolute Gasteiger partial charge is 0.507 e. The van der Waals surface area contributed by atoms with Gasteiger partial charge in [0.1, 0.15) is 35.7 Å². The number of aryl methyl sites for hydroxylation is 1. The molecule has 3 heterocycles. The van der Waals surface area contributed by atoms with Gasteiger partial charge in [0.05, 0.1) is 17.8 Å². The number of ether oxygens (including phenoxy) is 1. The Kier molecular flexibility index (Phi) is 5.97. The van der Waals surface area contributed by atoms with Crippen LogP contribution in [-0.4, -0.2) is 74.0 Å². The van der Waals surface area contributed by atoms with Crippen LogP contribution in [0, 0.1) is 6.92 Å². The number of nitrogens with zero attached hydrogens (tertiary/aromatic N) is 3. The van der Waals surface area contributed by atoms with Gasteiger partial charge in [-0.05, 0) is 64.3 Å². The highest BCUT2D eigenvalue weighted by atomic mass is 16.5. The van der Waals surface area contributed by atoms with E-state index < -0.39 is 17.7 Å². The predicted octanol–water partition coefficient (Wildman–Crippen LogP) is 2.79. The van der Waals surface area contributed by atoms with Crippen molar-refractivity contribution >= 4 is 23.1 Å². The molecule has 2 aromatic rings. The zero-order valence-corrected chi connectivity index (χ0v) is 18.9. The van der Waals surface area contributed by atoms with Gasteiger partial charge in [-0.3, -0.25) is 9.59 Å². The van der Waals surface area contributed by atoms with E-state index in [9.17, 15) is 14.7 Å². The Morgan fingerprint density at radius 2 is 2.00 bits per heavy atom. The van der Waals surface area contributed by atoms with E-state index in [1.165, 1.54) is 4.90 Å². The normalized spacial score (nSPS) is 20.1. The second-order valence-electron chi connectivity index (χ2n) is 8.55. The summed E-state index contributed by atoms with van der Waals surface area (Å²) in [4.78, 5) is 31.6. The molecule has 1 aromatic heterocycles. The van der Waals surface area contributed by atoms with E-state index in [-0.39, 0.29) is 11.3 Å². The van der Waals surface area contributed by atoms with Gasteiger partial charge in [-0.2, -0.15) is 0 Å². The van der Waals surface area contributed by atoms with Crippen molar-refractivity contribution in [2.45, 2.75) is 19.4 Å². The summed E-state index contributed by atoms with van der Waals surface area (Å²) in [6.45, 7) is 4.26. The lowest BCUT2D eigenvalue weighted by Gasteiger charge is -2.28. The molecule has 0 saturated carbocycles. The number of fused-ring (bicyclic) bond motifs is 1. The van der Waals surface area contributed by atoms with Gasteiger partial charge >= 0.3 is 0 Å². The first-order chi connectivity index (χ1) is 15.3. The molecule has 1 unspecified atom stereocenters. The zero-order valence-electron chi connectivity index (χ0n) is 18.9. The lowest BCUT2D eigenvalue weighted by molar-refractivity contribution is -0.140. The van der Waals surface area contributed by atoms with Crippen LogP contribution in [0.15, 0.2) is 40.3 Å². The molecule has 8 nitrogen and oxygen atoms in total. The molecule has 4 rings (SSSR count). The Balaban J connectivity index is 1.78. The molecule has 2 aliphatic heterocycles. The Hall–Kier alpha value is -3.26. The Labute approximate surface area is 187 Å². The van der Waals surface area contributed by atoms with E-state index >= 15 is 0 Å². The maximum atomic E-state index is 13.1. The van der Waals surface area contributed by atoms with Crippen LogP contribution in [-0.2, 0) is 9.59 Å². The number of benzene rings is 1. The van der Waals surface area contributed by atoms with Crippen LogP contribution in [0.4, 0.5) is 5.69 Å². The van der Waals surface area contributed by atoms with Gasteiger partial charge in [-0.15, -0.1) is 0 Å². The summed E-state index contributed by atoms with van der Waals surface area (Å²) >= 11 is 0. The monoisotopic (exact) mass is 439 g/mol. The van der Waals surface area contributed by atoms with Crippen molar-refractivity contribution in [1.82, 2.24) is 9.80 Å². The van der Waals surface area contributed by atoms with Crippen molar-refractivity contribution in [1.29, 1.82) is 0 Å². The molecular weight excluding hydrogens is 410 g/mol. The van der Waals surface area contributed by atoms with Gasteiger partial charge in [0, 0.05) is 19.2 Å². The van der Waals surface area contributed by atoms with E-state index in [0.29, 0.717) is 36.7 Å². The number of aliphatic hydroxyl groups excluding tert-OH is 1. The fraction of sp³-hybridized carbons (Fsp3) is 0.417. The van der Waals surface area contributed by atoms with Crippen molar-refractivity contribution in [3.8, 4) is 5.75 Å². The minimum absolute atomic E-state index is 0.0496. The number of likely N-dealkylation sites (tertiary alicyclic amines) is 1. The van der Waals surface area contributed by atoms with Gasteiger partial charge < -0.3 is 29.0 Å². The van der Waals surface area contributed by atoms with Gasteiger partial charge in [0.15, 0.2) is 0 Å². The van der Waals surface area contributed by atoms with Crippen LogP contribution in [0.2, 0.25) is 0 Å². The van der Waals surface area contributed by atoms with E-state index in [4.69, 9.17) is 9.15 Å². The van der Waals surface area contributed by atoms with Crippen molar-refractivity contribution in [3.63, 3.8) is 0 Å². The standard InChI is InChI=1S/C24H29N3O5/c1-15-6-8-19(32-15)21-20(23(29)24(30)27(21)11-5-10-25(2)3)22(28)16-7-9-18-17(14-16)26(4)12-13-31-18/h6-9,14,21,28H,5,10-13H2,1-4H3/b22-20-. The van der Waals surface area contributed by atoms with E-state index in [0.717, 1.165) is 24.5 Å². The summed E-state index contributed by atoms with van der Waals surface area (Å²) < 4.78 is 11.5. The predicted molar refractivity (Wildman–Crippen MR) is 121 cm³/mol. The lowest BCUT2D eigenvalue weighted by Crippen LogP contribution is -2.32. The molecule has 2 aliphatic rings. The fourth-order valence-electron chi connectivity index (χ4n) is 4.22. The third kappa shape index (κ3) is 3.98. The molecule has 0 bridgehead atoms. The number of hydrogen-bond donors (Lipinski definition) is 1. The summed E-state index contributed by atoms with van der Waals surface area (Å²) in [7, 11) is 5.86. The average Bonchev–Trinajstić information content (AvgIpc) is 3.29. The molecule has 0 aliphatic carbocycles. The molecule has 32 heavy (non-hydrogen) atoms. The van der Waals surface area contributed by atoms with Crippen molar-refractivity contribution < 1.29 is 23.8 Å². The molecule has 0 spiro atoms. The van der Waals surface area contributed by atoms with Crippen LogP contribution in [0.5, 0.6) is 5.75 Å². The summed E-state index contributed by atoms with van der Waals surface area (Å²) in [6.07, 6.45) is 0.692. The minimum Gasteiger partial charge on any atom is -0.507 e. The third-order valence-electron chi connectivity index (χ3n) is 5.90. The highest BCUT2D eigenvalue weighted by molar-refractivity contribution is 6.46. The number of rotatable bonds is 6. The van der Waals surface area contributed by atoms with Crippen LogP contribution >= 0.6 is 0 Å². The van der Waals surface area contributed by atoms with Crippen molar-refractivity contribution in [2.24, 2.45) is 0 Å². The molecule has 1 saturated heterocycles. The van der Waals surface area contributed by atoms with Gasteiger partial charge in [-0.25, -0.2) is 0 Å². The number of Topliss-reactive ketones (excluding diaryl/α,β-unsaturated/α-hetero) is 1. The summed E-state index contributed by atoms with van der Waals surface area (Å²) in [5.74, 6) is 0.325. The highest BCUT2D eigenvalue weighted by Crippen LogP contribution is 2.41. The summed E-state index contributed by atoms with van der Waals surface area (Å²) in [5.41, 5.74) is 1.33. The molecule has 1 amide bonds. The third-order valence-corrected chi connectivity index (χ3v) is 5.90. The van der Waals surface area contributed by atoms with Crippen molar-refractivity contribution in [3.05, 3.63) is 53.0 Å². The van der Waals surface area contributed by atoms with E-state index in [2.05, 4.69) is 0 Å². The number of carbonyl (C=O) groups excluding carboxylic acids is 2. The number of ketones is 1. The maximum Gasteiger partial charge on any atom is 0.295 e. The number of aliphatic hydroxyl groups is 1. The fourth-order valence-corrected chi connectivity index (χ4v) is 4.22. The second kappa shape index (κ2) is 8.70. The SMILES string of the molecule is Cc1ccc(C2/C(=C(/O)c3ccc4c(c3)N(C)CCO4)C(=O)C(=O)N2CCCN(C)C)o1. The second-order valence-corrected chi connectivity index (χ2v) is 8.55. The quantitative estimate of drug-likeness (QED) is 0.421. The Morgan fingerprint density at radius 3 is 2.69 bits per heavy atom. The molecule has 170 valence electrons. The average molecular weight is 440 g/mol. The number of furan rings is 1. The number of carbonyl (C=O) groups is 2. The van der Waals surface area contributed by atoms with Crippen LogP contribution in [0.25, 0.3) is 5.76 Å². The first-order valence-electron chi connectivity index (χ1n) is 10.8. The number of likely N-dealkylation sites (N-methyl/N-ethyl adjacent to an activating group) is 1. The molecule has 1 atom stereocenters. The van der Waals surface area contributed by atoms with Gasteiger partial charge in [0.2, 0.25) is 0 Å². The lowest BCUT2D eigenvalue weighted by atomic mass is 9.98. The molecular formula is C24H29N3O5. The van der Waals surface area contributed by atoms with E-state index in [1.807, 2.05) is 30.9 Å². The number of anilines is 1. The minimum atomic E-state index is -0.768. The molecule has 1 N–H and O–H groups in total. The Morgan fingerprint density at radius 1 is 1.22 bits per heavy atom. The molecule has 8 heteroatoms. The van der Waals surface area contributed by atoms with Gasteiger partial charge in [0.25, 0.3) is 11.7 Å². The van der Waals surface area contributed by atoms with Crippen LogP contribution in [0.3, 0.4) is 0 Å². The molecule has 0 radical (unpaired) electrons. The summed E-state index contributed by atoms with van der Waals surface area (Å²) in [5, 5.41) is 11.2. The van der Waals surface area contributed by atoms with Gasteiger partial charge in [-0.1, -0.05) is 0 Å². The first kappa shape index (κ1) is 22.0. The van der Waals surface area contributed by atoms with Crippen LogP contribution < -0.4 is 9.64 Å². The smallest absolute Gasteiger partial charge is 0.295 e. The summed E-state index contributed by atoms with van der Waals surface area (Å²) in [6, 6.07) is 8.05. The topological polar surface area (TPSA) is 86.5 Å². The maximum absolute atomic E-state index is 13.1. The number of amides is 1.